The van der Waals surface area contributed by atoms with Crippen molar-refractivity contribution in [3.8, 4) is 0 Å². The van der Waals surface area contributed by atoms with Crippen LogP contribution in [0.25, 0.3) is 10.9 Å². The highest BCUT2D eigenvalue weighted by Gasteiger charge is 2.33. The lowest BCUT2D eigenvalue weighted by atomic mass is 9.94. The van der Waals surface area contributed by atoms with Crippen LogP contribution in [-0.2, 0) is 25.6 Å². The molecule has 3 aromatic rings. The first-order valence-corrected chi connectivity index (χ1v) is 12.0. The van der Waals surface area contributed by atoms with E-state index in [-0.39, 0.29) is 18.5 Å². The molecule has 8 nitrogen and oxygen atoms in total. The molecule has 33 heavy (non-hydrogen) atoms. The number of carbonyl (C=O) groups excluding carboxylic acids is 3. The van der Waals surface area contributed by atoms with Gasteiger partial charge < -0.3 is 14.0 Å². The minimum absolute atomic E-state index is 0.0644. The van der Waals surface area contributed by atoms with Crippen LogP contribution in [0.4, 0.5) is 5.13 Å². The van der Waals surface area contributed by atoms with Crippen molar-refractivity contribution in [1.29, 1.82) is 0 Å². The van der Waals surface area contributed by atoms with Gasteiger partial charge in [-0.1, -0.05) is 37.5 Å². The van der Waals surface area contributed by atoms with Crippen LogP contribution >= 0.6 is 11.3 Å². The van der Waals surface area contributed by atoms with Crippen molar-refractivity contribution in [2.45, 2.75) is 57.7 Å². The van der Waals surface area contributed by atoms with E-state index in [2.05, 4.69) is 4.98 Å². The molecule has 1 atom stereocenters. The van der Waals surface area contributed by atoms with E-state index in [1.165, 1.54) is 24.9 Å². The van der Waals surface area contributed by atoms with Crippen LogP contribution in [0.3, 0.4) is 0 Å². The van der Waals surface area contributed by atoms with Crippen molar-refractivity contribution in [3.63, 3.8) is 0 Å². The molecule has 4 rings (SSSR count). The topological polar surface area (TPSA) is 90.7 Å². The fourth-order valence-corrected chi connectivity index (χ4v) is 5.09. The van der Waals surface area contributed by atoms with E-state index in [0.29, 0.717) is 21.6 Å². The Morgan fingerprint density at radius 2 is 1.97 bits per heavy atom. The molecular formula is C24H27N3O5S. The molecule has 0 radical (unpaired) electrons. The summed E-state index contributed by atoms with van der Waals surface area (Å²) in [5, 5.41) is 3.16. The summed E-state index contributed by atoms with van der Waals surface area (Å²) in [6.07, 6.45) is 7.43. The number of aromatic nitrogens is 2. The second-order valence-corrected chi connectivity index (χ2v) is 9.00. The lowest BCUT2D eigenvalue weighted by Crippen LogP contribution is -2.47. The molecule has 1 aliphatic carbocycles. The highest BCUT2D eigenvalue weighted by molar-refractivity contribution is 7.13. The lowest BCUT2D eigenvalue weighted by Gasteiger charge is -2.33. The molecule has 0 saturated heterocycles. The number of methoxy groups -OCH3 is 1. The van der Waals surface area contributed by atoms with Gasteiger partial charge >= 0.3 is 11.9 Å². The summed E-state index contributed by atoms with van der Waals surface area (Å²) in [5.41, 5.74) is 1.08. The van der Waals surface area contributed by atoms with Crippen LogP contribution in [0.5, 0.6) is 0 Å². The number of benzene rings is 1. The van der Waals surface area contributed by atoms with E-state index in [0.717, 1.165) is 25.7 Å². The standard InChI is InChI=1S/C24H27N3O5S/c1-16(22(29)27(24-25-12-13-33-24)17-8-4-3-5-9-17)32-21(28)15-26-14-19(23(30)31-2)18-10-6-7-11-20(18)26/h6-7,10-14,16-17H,3-5,8-9,15H2,1-2H3. The number of thiazole rings is 1. The zero-order valence-electron chi connectivity index (χ0n) is 18.7. The van der Waals surface area contributed by atoms with Gasteiger partial charge in [0.25, 0.3) is 5.91 Å². The van der Waals surface area contributed by atoms with Crippen LogP contribution in [0.1, 0.15) is 49.4 Å². The van der Waals surface area contributed by atoms with E-state index in [4.69, 9.17) is 9.47 Å². The number of carbonyl (C=O) groups is 3. The van der Waals surface area contributed by atoms with Gasteiger partial charge in [0, 0.05) is 34.7 Å². The average Bonchev–Trinajstić information content (AvgIpc) is 3.48. The smallest absolute Gasteiger partial charge is 0.340 e. The third-order valence-electron chi connectivity index (χ3n) is 5.95. The minimum atomic E-state index is -0.953. The highest BCUT2D eigenvalue weighted by Crippen LogP contribution is 2.30. The second kappa shape index (κ2) is 10.2. The first kappa shape index (κ1) is 23.0. The molecular weight excluding hydrogens is 442 g/mol. The summed E-state index contributed by atoms with van der Waals surface area (Å²) in [4.78, 5) is 44.3. The Bertz CT molecular complexity index is 1130. The van der Waals surface area contributed by atoms with E-state index >= 15 is 0 Å². The van der Waals surface area contributed by atoms with Crippen molar-refractivity contribution in [2.75, 3.05) is 12.0 Å². The van der Waals surface area contributed by atoms with E-state index in [9.17, 15) is 14.4 Å². The molecule has 1 unspecified atom stereocenters. The number of para-hydroxylation sites is 1. The number of amides is 1. The Hall–Kier alpha value is -3.20. The molecule has 1 amide bonds. The maximum Gasteiger partial charge on any atom is 0.340 e. The number of fused-ring (bicyclic) bond motifs is 1. The van der Waals surface area contributed by atoms with Crippen LogP contribution in [0, 0.1) is 0 Å². The molecule has 0 aliphatic heterocycles. The number of anilines is 1. The molecule has 0 bridgehead atoms. The number of nitrogens with zero attached hydrogens (tertiary/aromatic N) is 3. The van der Waals surface area contributed by atoms with Crippen molar-refractivity contribution in [3.05, 3.63) is 47.6 Å². The zero-order valence-corrected chi connectivity index (χ0v) is 19.5. The molecule has 2 aromatic heterocycles. The quantitative estimate of drug-likeness (QED) is 0.482. The molecule has 0 N–H and O–H groups in total. The molecule has 1 aromatic carbocycles. The number of ether oxygens (including phenoxy) is 2. The summed E-state index contributed by atoms with van der Waals surface area (Å²) in [6.45, 7) is 1.47. The predicted molar refractivity (Wildman–Crippen MR) is 125 cm³/mol. The third kappa shape index (κ3) is 4.93. The SMILES string of the molecule is COC(=O)c1cn(CC(=O)OC(C)C(=O)N(c2nccs2)C2CCCCC2)c2ccccc12. The van der Waals surface area contributed by atoms with Gasteiger partial charge in [-0.05, 0) is 25.8 Å². The van der Waals surface area contributed by atoms with E-state index < -0.39 is 18.0 Å². The summed E-state index contributed by atoms with van der Waals surface area (Å²) in [6, 6.07) is 7.32. The predicted octanol–water partition coefficient (Wildman–Crippen LogP) is 4.18. The first-order chi connectivity index (χ1) is 16.0. The van der Waals surface area contributed by atoms with Crippen molar-refractivity contribution < 1.29 is 23.9 Å². The van der Waals surface area contributed by atoms with Gasteiger partial charge in [-0.3, -0.25) is 14.5 Å². The van der Waals surface area contributed by atoms with Gasteiger partial charge in [-0.15, -0.1) is 11.3 Å². The summed E-state index contributed by atoms with van der Waals surface area (Å²) in [5.74, 6) is -1.30. The van der Waals surface area contributed by atoms with Crippen LogP contribution in [-0.4, -0.2) is 46.7 Å². The Kier molecular flexibility index (Phi) is 7.08. The minimum Gasteiger partial charge on any atom is -0.465 e. The maximum atomic E-state index is 13.3. The third-order valence-corrected chi connectivity index (χ3v) is 6.72. The Balaban J connectivity index is 1.49. The molecule has 0 spiro atoms. The Morgan fingerprint density at radius 1 is 1.21 bits per heavy atom. The molecule has 1 aliphatic rings. The molecule has 9 heteroatoms. The van der Waals surface area contributed by atoms with Crippen LogP contribution in [0.15, 0.2) is 42.0 Å². The van der Waals surface area contributed by atoms with Crippen LogP contribution in [0.2, 0.25) is 0 Å². The van der Waals surface area contributed by atoms with Crippen molar-refractivity contribution >= 4 is 45.2 Å². The Labute approximate surface area is 196 Å². The van der Waals surface area contributed by atoms with Gasteiger partial charge in [0.2, 0.25) is 0 Å². The number of hydrogen-bond acceptors (Lipinski definition) is 7. The summed E-state index contributed by atoms with van der Waals surface area (Å²) < 4.78 is 12.0. The van der Waals surface area contributed by atoms with Gasteiger partial charge in [-0.25, -0.2) is 9.78 Å². The highest BCUT2D eigenvalue weighted by atomic mass is 32.1. The van der Waals surface area contributed by atoms with Crippen LogP contribution < -0.4 is 4.90 Å². The fraction of sp³-hybridized carbons (Fsp3) is 0.417. The van der Waals surface area contributed by atoms with Gasteiger partial charge in [0.15, 0.2) is 11.2 Å². The lowest BCUT2D eigenvalue weighted by molar-refractivity contribution is -0.154. The fourth-order valence-electron chi connectivity index (χ4n) is 4.37. The number of rotatable bonds is 7. The average molecular weight is 470 g/mol. The molecule has 1 fully saturated rings. The van der Waals surface area contributed by atoms with Crippen molar-refractivity contribution in [1.82, 2.24) is 9.55 Å². The second-order valence-electron chi connectivity index (χ2n) is 8.13. The van der Waals surface area contributed by atoms with E-state index in [1.54, 1.807) is 34.9 Å². The van der Waals surface area contributed by atoms with Gasteiger partial charge in [-0.2, -0.15) is 0 Å². The molecule has 174 valence electrons. The van der Waals surface area contributed by atoms with Gasteiger partial charge in [0.05, 0.1) is 12.7 Å². The van der Waals surface area contributed by atoms with Gasteiger partial charge in [0.1, 0.15) is 6.54 Å². The summed E-state index contributed by atoms with van der Waals surface area (Å²) >= 11 is 1.41. The monoisotopic (exact) mass is 469 g/mol. The molecule has 1 saturated carbocycles. The largest absolute Gasteiger partial charge is 0.465 e. The first-order valence-electron chi connectivity index (χ1n) is 11.1. The zero-order chi connectivity index (χ0) is 23.4. The van der Waals surface area contributed by atoms with Crippen molar-refractivity contribution in [2.24, 2.45) is 0 Å². The summed E-state index contributed by atoms with van der Waals surface area (Å²) in [7, 11) is 1.32. The number of esters is 2. The maximum absolute atomic E-state index is 13.3. The Morgan fingerprint density at radius 3 is 2.67 bits per heavy atom. The molecule has 2 heterocycles. The number of hydrogen-bond donors (Lipinski definition) is 0. The normalized spacial score (nSPS) is 15.2. The van der Waals surface area contributed by atoms with E-state index in [1.807, 2.05) is 23.6 Å².